The highest BCUT2D eigenvalue weighted by molar-refractivity contribution is 7.92. The maximum absolute atomic E-state index is 13.4. The van der Waals surface area contributed by atoms with Crippen molar-refractivity contribution in [3.05, 3.63) is 53.6 Å². The Bertz CT molecular complexity index is 1120. The molecule has 1 amide bonds. The number of amides is 1. The average Bonchev–Trinajstić information content (AvgIpc) is 2.80. The highest BCUT2D eigenvalue weighted by Gasteiger charge is 2.33. The third-order valence-electron chi connectivity index (χ3n) is 6.07. The normalized spacial score (nSPS) is 19.4. The van der Waals surface area contributed by atoms with Gasteiger partial charge in [0.25, 0.3) is 5.91 Å². The van der Waals surface area contributed by atoms with E-state index in [2.05, 4.69) is 9.62 Å². The molecule has 2 N–H and O–H groups in total. The Hall–Kier alpha value is -2.82. The SMILES string of the molecule is COc1ccc(CN(C)C[C@@H]2Oc3ccc(NS(C)(=O)=O)cc3C(=O)N([C@H](C)CO)C[C@@H]2C)cc1. The predicted octanol–water partition coefficient (Wildman–Crippen LogP) is 2.42. The number of sulfonamides is 1. The fraction of sp³-hybridized carbons (Fsp3) is 0.480. The molecule has 3 atom stereocenters. The van der Waals surface area contributed by atoms with Crippen molar-refractivity contribution in [1.29, 1.82) is 0 Å². The first-order valence-electron chi connectivity index (χ1n) is 11.5. The molecule has 0 aliphatic carbocycles. The summed E-state index contributed by atoms with van der Waals surface area (Å²) >= 11 is 0. The zero-order chi connectivity index (χ0) is 25.8. The van der Waals surface area contributed by atoms with E-state index in [1.165, 1.54) is 6.07 Å². The third kappa shape index (κ3) is 7.09. The monoisotopic (exact) mass is 505 g/mol. The molecule has 9 nitrogen and oxygen atoms in total. The minimum atomic E-state index is -3.51. The van der Waals surface area contributed by atoms with Crippen molar-refractivity contribution in [1.82, 2.24) is 9.80 Å². The van der Waals surface area contributed by atoms with E-state index in [1.54, 1.807) is 31.1 Å². The zero-order valence-corrected chi connectivity index (χ0v) is 21.7. The summed E-state index contributed by atoms with van der Waals surface area (Å²) in [5, 5.41) is 9.79. The lowest BCUT2D eigenvalue weighted by Gasteiger charge is -2.38. The first-order valence-corrected chi connectivity index (χ1v) is 13.4. The number of hydrogen-bond donors (Lipinski definition) is 2. The molecular formula is C25H35N3O6S. The minimum Gasteiger partial charge on any atom is -0.497 e. The van der Waals surface area contributed by atoms with Crippen LogP contribution in [0.1, 0.15) is 29.8 Å². The molecular weight excluding hydrogens is 470 g/mol. The molecule has 35 heavy (non-hydrogen) atoms. The van der Waals surface area contributed by atoms with Gasteiger partial charge in [-0.2, -0.15) is 0 Å². The molecule has 0 fully saturated rings. The van der Waals surface area contributed by atoms with Crippen LogP contribution < -0.4 is 14.2 Å². The molecule has 0 saturated heterocycles. The summed E-state index contributed by atoms with van der Waals surface area (Å²) in [7, 11) is 0.137. The number of rotatable bonds is 9. The maximum Gasteiger partial charge on any atom is 0.258 e. The van der Waals surface area contributed by atoms with Gasteiger partial charge in [-0.25, -0.2) is 8.42 Å². The lowest BCUT2D eigenvalue weighted by Crippen LogP contribution is -2.49. The van der Waals surface area contributed by atoms with Crippen molar-refractivity contribution < 1.29 is 27.8 Å². The summed E-state index contributed by atoms with van der Waals surface area (Å²) in [4.78, 5) is 17.2. The maximum atomic E-state index is 13.4. The van der Waals surface area contributed by atoms with Gasteiger partial charge >= 0.3 is 0 Å². The molecule has 192 valence electrons. The van der Waals surface area contributed by atoms with Crippen LogP contribution >= 0.6 is 0 Å². The highest BCUT2D eigenvalue weighted by Crippen LogP contribution is 2.31. The van der Waals surface area contributed by atoms with Gasteiger partial charge in [-0.15, -0.1) is 0 Å². The standard InChI is InChI=1S/C25H35N3O6S/c1-17-13-28(18(2)16-29)25(30)22-12-20(26-35(5,31)32)8-11-23(22)34-24(17)15-27(3)14-19-6-9-21(33-4)10-7-19/h6-12,17-18,24,26,29H,13-16H2,1-5H3/t17-,18+,24-/m0/s1. The summed E-state index contributed by atoms with van der Waals surface area (Å²) in [6, 6.07) is 12.2. The van der Waals surface area contributed by atoms with Gasteiger partial charge in [0.05, 0.1) is 31.6 Å². The largest absolute Gasteiger partial charge is 0.497 e. The third-order valence-corrected chi connectivity index (χ3v) is 6.68. The zero-order valence-electron chi connectivity index (χ0n) is 20.9. The van der Waals surface area contributed by atoms with Crippen LogP contribution in [0.5, 0.6) is 11.5 Å². The number of hydrogen-bond acceptors (Lipinski definition) is 7. The van der Waals surface area contributed by atoms with Gasteiger partial charge in [0.1, 0.15) is 17.6 Å². The van der Waals surface area contributed by atoms with E-state index in [9.17, 15) is 18.3 Å². The second kappa shape index (κ2) is 11.3. The number of benzene rings is 2. The Labute approximate surface area is 207 Å². The Balaban J connectivity index is 1.88. The van der Waals surface area contributed by atoms with E-state index in [1.807, 2.05) is 38.2 Å². The molecule has 10 heteroatoms. The van der Waals surface area contributed by atoms with Crippen LogP contribution in [0.25, 0.3) is 0 Å². The van der Waals surface area contributed by atoms with Gasteiger partial charge in [0.15, 0.2) is 0 Å². The molecule has 0 aromatic heterocycles. The second-order valence-electron chi connectivity index (χ2n) is 9.25. The molecule has 2 aromatic rings. The lowest BCUT2D eigenvalue weighted by atomic mass is 9.99. The molecule has 0 radical (unpaired) electrons. The molecule has 0 saturated carbocycles. The van der Waals surface area contributed by atoms with E-state index in [4.69, 9.17) is 9.47 Å². The number of aliphatic hydroxyl groups excluding tert-OH is 1. The molecule has 1 aliphatic heterocycles. The average molecular weight is 506 g/mol. The summed E-state index contributed by atoms with van der Waals surface area (Å²) in [5.41, 5.74) is 1.67. The molecule has 3 rings (SSSR count). The van der Waals surface area contributed by atoms with Crippen molar-refractivity contribution in [2.75, 3.05) is 44.8 Å². The van der Waals surface area contributed by atoms with Crippen molar-refractivity contribution >= 4 is 21.6 Å². The molecule has 1 aliphatic rings. The van der Waals surface area contributed by atoms with Crippen LogP contribution in [0.4, 0.5) is 5.69 Å². The summed E-state index contributed by atoms with van der Waals surface area (Å²) in [6.45, 7) is 5.33. The van der Waals surface area contributed by atoms with Crippen LogP contribution in [0.15, 0.2) is 42.5 Å². The Morgan fingerprint density at radius 3 is 2.54 bits per heavy atom. The number of fused-ring (bicyclic) bond motifs is 1. The number of carbonyl (C=O) groups is 1. The number of methoxy groups -OCH3 is 1. The molecule has 2 aromatic carbocycles. The number of likely N-dealkylation sites (N-methyl/N-ethyl adjacent to an activating group) is 1. The first kappa shape index (κ1) is 26.8. The van der Waals surface area contributed by atoms with Crippen LogP contribution in [-0.4, -0.2) is 81.5 Å². The lowest BCUT2D eigenvalue weighted by molar-refractivity contribution is 0.0341. The summed E-state index contributed by atoms with van der Waals surface area (Å²) < 4.78 is 37.4. The summed E-state index contributed by atoms with van der Waals surface area (Å²) in [5.74, 6) is 0.861. The Morgan fingerprint density at radius 2 is 1.94 bits per heavy atom. The van der Waals surface area contributed by atoms with Gasteiger partial charge in [-0.05, 0) is 49.9 Å². The second-order valence-corrected chi connectivity index (χ2v) is 11.0. The molecule has 0 unspecified atom stereocenters. The first-order chi connectivity index (χ1) is 16.5. The van der Waals surface area contributed by atoms with Crippen molar-refractivity contribution in [3.8, 4) is 11.5 Å². The van der Waals surface area contributed by atoms with E-state index < -0.39 is 16.1 Å². The number of carbonyl (C=O) groups excluding carboxylic acids is 1. The highest BCUT2D eigenvalue weighted by atomic mass is 32.2. The Kier molecular flexibility index (Phi) is 8.63. The fourth-order valence-corrected chi connectivity index (χ4v) is 4.69. The van der Waals surface area contributed by atoms with Crippen molar-refractivity contribution in [2.24, 2.45) is 5.92 Å². The smallest absolute Gasteiger partial charge is 0.258 e. The number of nitrogens with one attached hydrogen (secondary N) is 1. The number of anilines is 1. The fourth-order valence-electron chi connectivity index (χ4n) is 4.13. The van der Waals surface area contributed by atoms with Gasteiger partial charge in [-0.1, -0.05) is 19.1 Å². The van der Waals surface area contributed by atoms with Gasteiger partial charge in [0.2, 0.25) is 10.0 Å². The quantitative estimate of drug-likeness (QED) is 0.539. The number of nitrogens with zero attached hydrogens (tertiary/aromatic N) is 2. The number of ether oxygens (including phenoxy) is 2. The predicted molar refractivity (Wildman–Crippen MR) is 135 cm³/mol. The van der Waals surface area contributed by atoms with Crippen LogP contribution in [-0.2, 0) is 16.6 Å². The van der Waals surface area contributed by atoms with Crippen molar-refractivity contribution in [2.45, 2.75) is 32.5 Å². The van der Waals surface area contributed by atoms with E-state index in [0.29, 0.717) is 25.4 Å². The van der Waals surface area contributed by atoms with E-state index in [-0.39, 0.29) is 35.8 Å². The van der Waals surface area contributed by atoms with Crippen LogP contribution in [0.3, 0.4) is 0 Å². The van der Waals surface area contributed by atoms with Gasteiger partial charge in [-0.3, -0.25) is 14.4 Å². The van der Waals surface area contributed by atoms with Crippen LogP contribution in [0, 0.1) is 5.92 Å². The molecule has 1 heterocycles. The Morgan fingerprint density at radius 1 is 1.26 bits per heavy atom. The van der Waals surface area contributed by atoms with Gasteiger partial charge in [0, 0.05) is 31.2 Å². The summed E-state index contributed by atoms with van der Waals surface area (Å²) in [6.07, 6.45) is 0.811. The topological polar surface area (TPSA) is 108 Å². The number of aliphatic hydroxyl groups is 1. The molecule has 0 spiro atoms. The minimum absolute atomic E-state index is 0.0201. The molecule has 0 bridgehead atoms. The van der Waals surface area contributed by atoms with E-state index >= 15 is 0 Å². The van der Waals surface area contributed by atoms with E-state index in [0.717, 1.165) is 17.6 Å². The van der Waals surface area contributed by atoms with Crippen molar-refractivity contribution in [3.63, 3.8) is 0 Å². The van der Waals surface area contributed by atoms with Gasteiger partial charge < -0.3 is 19.5 Å². The van der Waals surface area contributed by atoms with Crippen LogP contribution in [0.2, 0.25) is 0 Å².